The molecule has 6 nitrogen and oxygen atoms in total. The number of rotatable bonds is 2. The Morgan fingerprint density at radius 3 is 2.56 bits per heavy atom. The van der Waals surface area contributed by atoms with Crippen LogP contribution in [0.15, 0.2) is 18.2 Å². The number of benzene rings is 1. The second-order valence-electron chi connectivity index (χ2n) is 7.92. The summed E-state index contributed by atoms with van der Waals surface area (Å²) in [4.78, 5) is 14.3. The van der Waals surface area contributed by atoms with Crippen LogP contribution >= 0.6 is 23.2 Å². The quantitative estimate of drug-likeness (QED) is 0.781. The fourth-order valence-corrected chi connectivity index (χ4v) is 3.80. The molecule has 0 radical (unpaired) electrons. The molecule has 27 heavy (non-hydrogen) atoms. The largest absolute Gasteiger partial charge is 0.444 e. The first-order valence-corrected chi connectivity index (χ1v) is 9.76. The first kappa shape index (κ1) is 20.7. The van der Waals surface area contributed by atoms with Gasteiger partial charge >= 0.3 is 6.09 Å². The van der Waals surface area contributed by atoms with E-state index in [0.717, 1.165) is 0 Å². The van der Waals surface area contributed by atoms with Crippen molar-refractivity contribution in [1.82, 2.24) is 4.90 Å². The summed E-state index contributed by atoms with van der Waals surface area (Å²) >= 11 is 12.1. The van der Waals surface area contributed by atoms with Gasteiger partial charge in [0.25, 0.3) is 0 Å². The highest BCUT2D eigenvalue weighted by Crippen LogP contribution is 2.40. The Labute approximate surface area is 169 Å². The summed E-state index contributed by atoms with van der Waals surface area (Å²) in [7, 11) is 0. The molecule has 3 rings (SSSR count). The summed E-state index contributed by atoms with van der Waals surface area (Å²) in [5.74, 6) is -0.777. The minimum absolute atomic E-state index is 0.341. The van der Waals surface area contributed by atoms with Crippen molar-refractivity contribution in [3.63, 3.8) is 0 Å². The van der Waals surface area contributed by atoms with Gasteiger partial charge in [0.1, 0.15) is 5.60 Å². The Balaban J connectivity index is 1.88. The van der Waals surface area contributed by atoms with E-state index in [1.807, 2.05) is 20.8 Å². The van der Waals surface area contributed by atoms with E-state index in [4.69, 9.17) is 37.4 Å². The molecule has 1 N–H and O–H groups in total. The Morgan fingerprint density at radius 2 is 1.96 bits per heavy atom. The Morgan fingerprint density at radius 1 is 1.30 bits per heavy atom. The van der Waals surface area contributed by atoms with E-state index in [1.54, 1.807) is 23.1 Å². The highest BCUT2D eigenvalue weighted by molar-refractivity contribution is 6.42. The van der Waals surface area contributed by atoms with Crippen molar-refractivity contribution in [1.29, 1.82) is 0 Å². The van der Waals surface area contributed by atoms with Gasteiger partial charge < -0.3 is 24.2 Å². The first-order chi connectivity index (χ1) is 12.6. The number of ether oxygens (including phenoxy) is 3. The second-order valence-corrected chi connectivity index (χ2v) is 8.74. The second kappa shape index (κ2) is 7.76. The third-order valence-electron chi connectivity index (χ3n) is 4.75. The Bertz CT molecular complexity index is 700. The molecule has 0 aliphatic carbocycles. The lowest BCUT2D eigenvalue weighted by Crippen LogP contribution is -2.56. The fourth-order valence-electron chi connectivity index (χ4n) is 3.49. The number of amides is 1. The fraction of sp³-hybridized carbons (Fsp3) is 0.632. The van der Waals surface area contributed by atoms with E-state index >= 15 is 0 Å². The summed E-state index contributed by atoms with van der Waals surface area (Å²) in [6.45, 7) is 6.79. The first-order valence-electron chi connectivity index (χ1n) is 9.01. The van der Waals surface area contributed by atoms with E-state index in [2.05, 4.69) is 0 Å². The zero-order valence-electron chi connectivity index (χ0n) is 15.7. The number of hydrogen-bond acceptors (Lipinski definition) is 5. The van der Waals surface area contributed by atoms with Crippen LogP contribution in [-0.2, 0) is 14.2 Å². The molecule has 0 aromatic heterocycles. The van der Waals surface area contributed by atoms with Crippen molar-refractivity contribution in [2.45, 2.75) is 57.1 Å². The molecule has 0 saturated carbocycles. The zero-order valence-corrected chi connectivity index (χ0v) is 17.2. The summed E-state index contributed by atoms with van der Waals surface area (Å²) in [5.41, 5.74) is -0.0657. The van der Waals surface area contributed by atoms with Gasteiger partial charge in [0.2, 0.25) is 0 Å². The van der Waals surface area contributed by atoms with Crippen molar-refractivity contribution in [3.05, 3.63) is 33.8 Å². The van der Waals surface area contributed by atoms with Gasteiger partial charge in [-0.1, -0.05) is 29.3 Å². The standard InChI is InChI=1S/C19H25Cl2NO5/c1-18(2,3)27-17(24)22-7-6-19(25-8-9-26-19)11-15(22)16(23)12-4-5-13(20)14(21)10-12/h4-5,10,15-16,23H,6-9,11H2,1-3H3. The average Bonchev–Trinajstić information content (AvgIpc) is 3.03. The van der Waals surface area contributed by atoms with E-state index in [1.165, 1.54) is 0 Å². The van der Waals surface area contributed by atoms with E-state index in [9.17, 15) is 9.90 Å². The smallest absolute Gasteiger partial charge is 0.410 e. The number of likely N-dealkylation sites (tertiary alicyclic amines) is 1. The molecule has 2 unspecified atom stereocenters. The van der Waals surface area contributed by atoms with Crippen LogP contribution in [0.2, 0.25) is 10.0 Å². The molecular weight excluding hydrogens is 393 g/mol. The normalized spacial score (nSPS) is 23.5. The van der Waals surface area contributed by atoms with Gasteiger partial charge in [0.15, 0.2) is 5.79 Å². The summed E-state index contributed by atoms with van der Waals surface area (Å²) in [6.07, 6.45) is -0.596. The third kappa shape index (κ3) is 4.69. The summed E-state index contributed by atoms with van der Waals surface area (Å²) in [5, 5.41) is 11.8. The van der Waals surface area contributed by atoms with Crippen LogP contribution in [0.25, 0.3) is 0 Å². The maximum Gasteiger partial charge on any atom is 0.410 e. The van der Waals surface area contributed by atoms with Crippen LogP contribution in [0.4, 0.5) is 4.79 Å². The number of halogens is 2. The van der Waals surface area contributed by atoms with Gasteiger partial charge in [-0.25, -0.2) is 4.79 Å². The molecule has 0 bridgehead atoms. The van der Waals surface area contributed by atoms with Crippen LogP contribution in [0.1, 0.15) is 45.3 Å². The molecule has 1 aromatic rings. The molecule has 2 aliphatic rings. The lowest BCUT2D eigenvalue weighted by molar-refractivity contribution is -0.202. The van der Waals surface area contributed by atoms with E-state index < -0.39 is 29.6 Å². The van der Waals surface area contributed by atoms with Gasteiger partial charge in [-0.05, 0) is 38.5 Å². The highest BCUT2D eigenvalue weighted by Gasteiger charge is 2.48. The lowest BCUT2D eigenvalue weighted by Gasteiger charge is -2.45. The van der Waals surface area contributed by atoms with Gasteiger partial charge in [-0.15, -0.1) is 0 Å². The van der Waals surface area contributed by atoms with Crippen LogP contribution in [0.5, 0.6) is 0 Å². The summed E-state index contributed by atoms with van der Waals surface area (Å²) in [6, 6.07) is 4.36. The molecule has 2 atom stereocenters. The third-order valence-corrected chi connectivity index (χ3v) is 5.48. The van der Waals surface area contributed by atoms with Crippen molar-refractivity contribution in [3.8, 4) is 0 Å². The number of nitrogens with zero attached hydrogens (tertiary/aromatic N) is 1. The molecule has 2 saturated heterocycles. The molecule has 8 heteroatoms. The predicted octanol–water partition coefficient (Wildman–Crippen LogP) is 4.17. The monoisotopic (exact) mass is 417 g/mol. The lowest BCUT2D eigenvalue weighted by atomic mass is 9.89. The van der Waals surface area contributed by atoms with Gasteiger partial charge in [0, 0.05) is 19.4 Å². The number of aliphatic hydroxyl groups excluding tert-OH is 1. The minimum atomic E-state index is -0.989. The Hall–Kier alpha value is -1.05. The SMILES string of the molecule is CC(C)(C)OC(=O)N1CCC2(CC1C(O)c1ccc(Cl)c(Cl)c1)OCCO2. The van der Waals surface area contributed by atoms with Crippen LogP contribution in [0.3, 0.4) is 0 Å². The van der Waals surface area contributed by atoms with Gasteiger partial charge in [-0.2, -0.15) is 0 Å². The van der Waals surface area contributed by atoms with Crippen LogP contribution in [0, 0.1) is 0 Å². The summed E-state index contributed by atoms with van der Waals surface area (Å²) < 4.78 is 17.2. The molecule has 1 aromatic carbocycles. The molecule has 1 amide bonds. The molecule has 2 heterocycles. The Kier molecular flexibility index (Phi) is 5.94. The number of carbonyl (C=O) groups excluding carboxylic acids is 1. The minimum Gasteiger partial charge on any atom is -0.444 e. The number of aliphatic hydroxyl groups is 1. The number of carbonyl (C=O) groups is 1. The van der Waals surface area contributed by atoms with E-state index in [-0.39, 0.29) is 0 Å². The topological polar surface area (TPSA) is 68.2 Å². The maximum absolute atomic E-state index is 12.7. The van der Waals surface area contributed by atoms with Crippen LogP contribution in [-0.4, -0.2) is 53.3 Å². The highest BCUT2D eigenvalue weighted by atomic mass is 35.5. The number of hydrogen-bond donors (Lipinski definition) is 1. The zero-order chi connectivity index (χ0) is 19.8. The molecule has 2 fully saturated rings. The average molecular weight is 418 g/mol. The van der Waals surface area contributed by atoms with Gasteiger partial charge in [-0.3, -0.25) is 0 Å². The van der Waals surface area contributed by atoms with Crippen molar-refractivity contribution in [2.24, 2.45) is 0 Å². The number of piperidine rings is 1. The molecule has 150 valence electrons. The van der Waals surface area contributed by atoms with Crippen LogP contribution < -0.4 is 0 Å². The molecular formula is C19H25Cl2NO5. The predicted molar refractivity (Wildman–Crippen MR) is 102 cm³/mol. The van der Waals surface area contributed by atoms with E-state index in [0.29, 0.717) is 48.2 Å². The van der Waals surface area contributed by atoms with Crippen molar-refractivity contribution < 1.29 is 24.1 Å². The molecule has 1 spiro atoms. The van der Waals surface area contributed by atoms with Crippen molar-refractivity contribution in [2.75, 3.05) is 19.8 Å². The van der Waals surface area contributed by atoms with Crippen molar-refractivity contribution >= 4 is 29.3 Å². The molecule has 2 aliphatic heterocycles. The van der Waals surface area contributed by atoms with Gasteiger partial charge in [0.05, 0.1) is 35.4 Å². The maximum atomic E-state index is 12.7.